The number of anilines is 1. The molecule has 1 unspecified atom stereocenters. The molecule has 0 bridgehead atoms. The van der Waals surface area contributed by atoms with Gasteiger partial charge in [-0.1, -0.05) is 46.6 Å². The molecule has 2 rings (SSSR count). The lowest BCUT2D eigenvalue weighted by molar-refractivity contribution is 0.513. The van der Waals surface area contributed by atoms with Gasteiger partial charge < -0.3 is 5.73 Å². The van der Waals surface area contributed by atoms with Gasteiger partial charge in [-0.05, 0) is 31.0 Å². The van der Waals surface area contributed by atoms with Crippen molar-refractivity contribution >= 4 is 33.3 Å². The summed E-state index contributed by atoms with van der Waals surface area (Å²) < 4.78 is 2.85. The van der Waals surface area contributed by atoms with Crippen LogP contribution in [0.15, 0.2) is 28.7 Å². The van der Waals surface area contributed by atoms with Crippen LogP contribution in [0.3, 0.4) is 0 Å². The third-order valence-electron chi connectivity index (χ3n) is 2.96. The highest BCUT2D eigenvalue weighted by Crippen LogP contribution is 2.31. The monoisotopic (exact) mass is 327 g/mol. The Hall–Kier alpha value is -1.00. The maximum Gasteiger partial charge on any atom is 0.141 e. The number of hydrogen-bond acceptors (Lipinski definition) is 2. The van der Waals surface area contributed by atoms with Gasteiger partial charge in [0.05, 0.1) is 11.7 Å². The molecule has 1 atom stereocenters. The van der Waals surface area contributed by atoms with E-state index < -0.39 is 0 Å². The van der Waals surface area contributed by atoms with E-state index >= 15 is 0 Å². The van der Waals surface area contributed by atoms with E-state index in [1.807, 2.05) is 19.1 Å². The zero-order chi connectivity index (χ0) is 13.3. The second-order valence-electron chi connectivity index (χ2n) is 4.21. The number of aryl methyl sites for hydroxylation is 1. The molecule has 2 N–H and O–H groups in total. The Bertz CT molecular complexity index is 565. The van der Waals surface area contributed by atoms with E-state index in [1.54, 1.807) is 4.68 Å². The van der Waals surface area contributed by atoms with Crippen LogP contribution in [0.4, 0.5) is 5.82 Å². The fraction of sp³-hybridized carbons (Fsp3) is 0.308. The maximum absolute atomic E-state index is 6.10. The fourth-order valence-electron chi connectivity index (χ4n) is 2.05. The first kappa shape index (κ1) is 13.4. The number of nitrogen functional groups attached to an aromatic ring is 1. The van der Waals surface area contributed by atoms with Crippen LogP contribution in [0.1, 0.15) is 30.6 Å². The van der Waals surface area contributed by atoms with Crippen molar-refractivity contribution in [2.45, 2.75) is 26.3 Å². The van der Waals surface area contributed by atoms with Crippen LogP contribution in [0.5, 0.6) is 0 Å². The Morgan fingerprint density at radius 2 is 2.22 bits per heavy atom. The molecule has 1 aromatic heterocycles. The van der Waals surface area contributed by atoms with Crippen LogP contribution in [-0.2, 0) is 0 Å². The summed E-state index contributed by atoms with van der Waals surface area (Å²) in [5, 5.41) is 4.98. The van der Waals surface area contributed by atoms with Gasteiger partial charge in [0.25, 0.3) is 0 Å². The molecule has 2 aromatic rings. The van der Waals surface area contributed by atoms with Crippen molar-refractivity contribution < 1.29 is 0 Å². The maximum atomic E-state index is 6.10. The summed E-state index contributed by atoms with van der Waals surface area (Å²) in [6.07, 6.45) is 0.901. The average Bonchev–Trinajstić information content (AvgIpc) is 2.59. The zero-order valence-corrected chi connectivity index (χ0v) is 12.7. The van der Waals surface area contributed by atoms with Crippen molar-refractivity contribution in [3.8, 4) is 0 Å². The van der Waals surface area contributed by atoms with Crippen LogP contribution in [0, 0.1) is 6.92 Å². The second-order valence-corrected chi connectivity index (χ2v) is 5.50. The number of halogens is 2. The van der Waals surface area contributed by atoms with Gasteiger partial charge in [-0.25, -0.2) is 4.68 Å². The van der Waals surface area contributed by atoms with Gasteiger partial charge in [-0.2, -0.15) is 5.10 Å². The average molecular weight is 329 g/mol. The van der Waals surface area contributed by atoms with E-state index in [9.17, 15) is 0 Å². The van der Waals surface area contributed by atoms with Crippen LogP contribution in [-0.4, -0.2) is 9.78 Å². The molecule has 0 aliphatic heterocycles. The summed E-state index contributed by atoms with van der Waals surface area (Å²) in [6, 6.07) is 8.27. The topological polar surface area (TPSA) is 43.8 Å². The minimum Gasteiger partial charge on any atom is -0.383 e. The van der Waals surface area contributed by atoms with Crippen molar-refractivity contribution in [1.82, 2.24) is 9.78 Å². The van der Waals surface area contributed by atoms with Crippen LogP contribution in [0.2, 0.25) is 5.02 Å². The highest BCUT2D eigenvalue weighted by molar-refractivity contribution is 9.10. The largest absolute Gasteiger partial charge is 0.383 e. The van der Waals surface area contributed by atoms with Gasteiger partial charge in [0.2, 0.25) is 0 Å². The molecular weight excluding hydrogens is 314 g/mol. The third-order valence-corrected chi connectivity index (χ3v) is 3.92. The molecule has 0 saturated heterocycles. The van der Waals surface area contributed by atoms with Crippen LogP contribution >= 0.6 is 27.5 Å². The minimum absolute atomic E-state index is 0.105. The molecule has 18 heavy (non-hydrogen) atoms. The summed E-state index contributed by atoms with van der Waals surface area (Å²) in [4.78, 5) is 0. The van der Waals surface area contributed by atoms with Crippen LogP contribution < -0.4 is 5.73 Å². The van der Waals surface area contributed by atoms with E-state index in [0.29, 0.717) is 10.8 Å². The van der Waals surface area contributed by atoms with Crippen LogP contribution in [0.25, 0.3) is 0 Å². The van der Waals surface area contributed by atoms with Crippen molar-refractivity contribution in [3.05, 3.63) is 45.0 Å². The smallest absolute Gasteiger partial charge is 0.141 e. The molecule has 1 heterocycles. The predicted molar refractivity (Wildman–Crippen MR) is 79.0 cm³/mol. The lowest BCUT2D eigenvalue weighted by Gasteiger charge is -2.18. The summed E-state index contributed by atoms with van der Waals surface area (Å²) >= 11 is 9.58. The molecule has 5 heteroatoms. The number of hydrogen-bond donors (Lipinski definition) is 1. The number of rotatable bonds is 3. The Morgan fingerprint density at radius 1 is 1.50 bits per heavy atom. The lowest BCUT2D eigenvalue weighted by atomic mass is 10.1. The molecular formula is C13H15BrClN3. The van der Waals surface area contributed by atoms with Crippen molar-refractivity contribution in [3.63, 3.8) is 0 Å². The van der Waals surface area contributed by atoms with Gasteiger partial charge in [-0.15, -0.1) is 0 Å². The summed E-state index contributed by atoms with van der Waals surface area (Å²) in [5.41, 5.74) is 7.94. The second kappa shape index (κ2) is 5.33. The molecule has 0 aliphatic carbocycles. The molecule has 0 aliphatic rings. The number of nitrogens with two attached hydrogens (primary N) is 1. The molecule has 0 spiro atoms. The van der Waals surface area contributed by atoms with Crippen molar-refractivity contribution in [1.29, 1.82) is 0 Å². The Kier molecular flexibility index (Phi) is 3.97. The molecule has 0 amide bonds. The van der Waals surface area contributed by atoms with E-state index in [-0.39, 0.29) is 6.04 Å². The van der Waals surface area contributed by atoms with Gasteiger partial charge in [-0.3, -0.25) is 0 Å². The highest BCUT2D eigenvalue weighted by atomic mass is 79.9. The van der Waals surface area contributed by atoms with E-state index in [2.05, 4.69) is 40.1 Å². The molecule has 0 radical (unpaired) electrons. The Morgan fingerprint density at radius 3 is 2.72 bits per heavy atom. The summed E-state index contributed by atoms with van der Waals surface area (Å²) in [6.45, 7) is 3.97. The fourth-order valence-corrected chi connectivity index (χ4v) is 2.59. The van der Waals surface area contributed by atoms with Gasteiger partial charge in [0.15, 0.2) is 0 Å². The first-order valence-corrected chi connectivity index (χ1v) is 6.97. The SMILES string of the molecule is CCC(c1cccc(Br)c1)n1nc(C)c(Cl)c1N. The summed E-state index contributed by atoms with van der Waals surface area (Å²) in [7, 11) is 0. The van der Waals surface area contributed by atoms with Crippen molar-refractivity contribution in [2.75, 3.05) is 5.73 Å². The van der Waals surface area contributed by atoms with E-state index in [0.717, 1.165) is 22.2 Å². The highest BCUT2D eigenvalue weighted by Gasteiger charge is 2.19. The molecule has 0 fully saturated rings. The number of nitrogens with zero attached hydrogens (tertiary/aromatic N) is 2. The molecule has 96 valence electrons. The van der Waals surface area contributed by atoms with E-state index in [1.165, 1.54) is 0 Å². The Labute approximate surface area is 120 Å². The molecule has 3 nitrogen and oxygen atoms in total. The number of benzene rings is 1. The third kappa shape index (κ3) is 2.40. The van der Waals surface area contributed by atoms with Gasteiger partial charge in [0.1, 0.15) is 10.8 Å². The number of aromatic nitrogens is 2. The lowest BCUT2D eigenvalue weighted by Crippen LogP contribution is -2.14. The first-order valence-electron chi connectivity index (χ1n) is 5.80. The zero-order valence-electron chi connectivity index (χ0n) is 10.3. The van der Waals surface area contributed by atoms with Crippen molar-refractivity contribution in [2.24, 2.45) is 0 Å². The van der Waals surface area contributed by atoms with Gasteiger partial charge in [0, 0.05) is 4.47 Å². The minimum atomic E-state index is 0.105. The Balaban J connectivity index is 2.48. The molecule has 1 aromatic carbocycles. The quantitative estimate of drug-likeness (QED) is 0.918. The first-order chi connectivity index (χ1) is 8.54. The standard InChI is InChI=1S/C13H15BrClN3/c1-3-11(9-5-4-6-10(14)7-9)18-13(16)12(15)8(2)17-18/h4-7,11H,3,16H2,1-2H3. The molecule has 0 saturated carbocycles. The normalized spacial score (nSPS) is 12.7. The van der Waals surface area contributed by atoms with Gasteiger partial charge >= 0.3 is 0 Å². The predicted octanol–water partition coefficient (Wildman–Crippen LogP) is 4.19. The van der Waals surface area contributed by atoms with E-state index in [4.69, 9.17) is 17.3 Å². The summed E-state index contributed by atoms with van der Waals surface area (Å²) in [5.74, 6) is 0.529.